The van der Waals surface area contributed by atoms with Crippen molar-refractivity contribution >= 4 is 29.0 Å². The first-order valence-electron chi connectivity index (χ1n) is 8.10. The molecule has 0 aliphatic carbocycles. The van der Waals surface area contributed by atoms with E-state index in [2.05, 4.69) is 15.5 Å². The Labute approximate surface area is 160 Å². The Morgan fingerprint density at radius 3 is 2.63 bits per heavy atom. The minimum absolute atomic E-state index is 0.119. The number of carbonyl (C=O) groups excluding carboxylic acids is 1. The van der Waals surface area contributed by atoms with Gasteiger partial charge in [-0.3, -0.25) is 4.79 Å². The molecule has 2 aromatic carbocycles. The lowest BCUT2D eigenvalue weighted by Gasteiger charge is -2.13. The number of nitrogens with two attached hydrogens (primary N) is 1. The third-order valence-corrected chi connectivity index (χ3v) is 4.69. The van der Waals surface area contributed by atoms with Gasteiger partial charge in [0.15, 0.2) is 5.82 Å². The highest BCUT2D eigenvalue weighted by molar-refractivity contribution is 7.99. The highest BCUT2D eigenvalue weighted by atomic mass is 32.2. The van der Waals surface area contributed by atoms with Gasteiger partial charge in [-0.15, -0.1) is 10.2 Å². The first-order valence-corrected chi connectivity index (χ1v) is 9.09. The summed E-state index contributed by atoms with van der Waals surface area (Å²) in [5.41, 5.74) is 2.27. The number of nitrogen functional groups attached to an aromatic ring is 1. The lowest BCUT2D eigenvalue weighted by atomic mass is 10.2. The molecule has 0 bridgehead atoms. The minimum atomic E-state index is -0.385. The normalized spacial score (nSPS) is 10.6. The van der Waals surface area contributed by atoms with E-state index in [0.717, 1.165) is 17.4 Å². The van der Waals surface area contributed by atoms with Crippen molar-refractivity contribution in [2.45, 2.75) is 5.16 Å². The number of nitrogens with zero attached hydrogens (tertiary/aromatic N) is 4. The van der Waals surface area contributed by atoms with Crippen LogP contribution in [0.5, 0.6) is 0 Å². The number of halogens is 1. The number of amides is 1. The van der Waals surface area contributed by atoms with Gasteiger partial charge in [0.25, 0.3) is 0 Å². The van der Waals surface area contributed by atoms with Crippen molar-refractivity contribution in [1.82, 2.24) is 14.9 Å². The average molecular weight is 386 g/mol. The number of thioether (sulfide) groups is 1. The van der Waals surface area contributed by atoms with Gasteiger partial charge in [0, 0.05) is 31.0 Å². The molecule has 0 saturated carbocycles. The molecule has 0 fully saturated rings. The molecule has 0 radical (unpaired) electrons. The summed E-state index contributed by atoms with van der Waals surface area (Å²) in [7, 11) is 3.90. The molecule has 0 unspecified atom stereocenters. The number of hydrogen-bond acceptors (Lipinski definition) is 6. The summed E-state index contributed by atoms with van der Waals surface area (Å²) in [6, 6.07) is 13.4. The summed E-state index contributed by atoms with van der Waals surface area (Å²) >= 11 is 1.15. The van der Waals surface area contributed by atoms with E-state index in [0.29, 0.717) is 22.2 Å². The first-order chi connectivity index (χ1) is 12.9. The summed E-state index contributed by atoms with van der Waals surface area (Å²) in [5.74, 6) is 5.86. The third-order valence-electron chi connectivity index (χ3n) is 3.75. The van der Waals surface area contributed by atoms with E-state index >= 15 is 0 Å². The van der Waals surface area contributed by atoms with Gasteiger partial charge in [-0.05, 0) is 36.4 Å². The number of anilines is 2. The Balaban J connectivity index is 1.61. The van der Waals surface area contributed by atoms with Gasteiger partial charge in [-0.2, -0.15) is 0 Å². The van der Waals surface area contributed by atoms with Gasteiger partial charge in [-0.1, -0.05) is 23.9 Å². The average Bonchev–Trinajstić information content (AvgIpc) is 3.01. The minimum Gasteiger partial charge on any atom is -0.378 e. The van der Waals surface area contributed by atoms with Crippen LogP contribution in [0.15, 0.2) is 53.7 Å². The molecule has 27 heavy (non-hydrogen) atoms. The van der Waals surface area contributed by atoms with Crippen molar-refractivity contribution in [3.05, 3.63) is 54.3 Å². The van der Waals surface area contributed by atoms with Crippen LogP contribution in [-0.4, -0.2) is 40.6 Å². The largest absolute Gasteiger partial charge is 0.378 e. The summed E-state index contributed by atoms with van der Waals surface area (Å²) in [5, 5.41) is 11.1. The SMILES string of the molecule is CN(C)c1ccc(NC(=O)CSc2nnc(-c3cccc(F)c3)n2N)cc1. The van der Waals surface area contributed by atoms with E-state index in [1.807, 2.05) is 43.3 Å². The molecule has 140 valence electrons. The van der Waals surface area contributed by atoms with Crippen LogP contribution in [0.4, 0.5) is 15.8 Å². The van der Waals surface area contributed by atoms with E-state index in [9.17, 15) is 9.18 Å². The van der Waals surface area contributed by atoms with Gasteiger partial charge in [0.05, 0.1) is 5.75 Å². The maximum atomic E-state index is 13.4. The fourth-order valence-electron chi connectivity index (χ4n) is 2.37. The quantitative estimate of drug-likeness (QED) is 0.500. The molecule has 0 aliphatic heterocycles. The van der Waals surface area contributed by atoms with Gasteiger partial charge in [-0.25, -0.2) is 9.07 Å². The van der Waals surface area contributed by atoms with Crippen LogP contribution in [0, 0.1) is 5.82 Å². The van der Waals surface area contributed by atoms with Crippen molar-refractivity contribution in [1.29, 1.82) is 0 Å². The van der Waals surface area contributed by atoms with Gasteiger partial charge < -0.3 is 16.1 Å². The van der Waals surface area contributed by atoms with Crippen molar-refractivity contribution in [3.63, 3.8) is 0 Å². The molecule has 7 nitrogen and oxygen atoms in total. The van der Waals surface area contributed by atoms with Crippen molar-refractivity contribution < 1.29 is 9.18 Å². The van der Waals surface area contributed by atoms with Crippen LogP contribution >= 0.6 is 11.8 Å². The molecule has 0 aliphatic rings. The molecule has 0 saturated heterocycles. The zero-order valence-corrected chi connectivity index (χ0v) is 15.7. The Kier molecular flexibility index (Phi) is 5.60. The molecular weight excluding hydrogens is 367 g/mol. The molecule has 1 heterocycles. The first kappa shape index (κ1) is 18.7. The highest BCUT2D eigenvalue weighted by Gasteiger charge is 2.14. The summed E-state index contributed by atoms with van der Waals surface area (Å²) < 4.78 is 14.6. The molecule has 1 amide bonds. The fourth-order valence-corrected chi connectivity index (χ4v) is 3.03. The maximum Gasteiger partial charge on any atom is 0.234 e. The van der Waals surface area contributed by atoms with E-state index < -0.39 is 0 Å². The molecule has 3 aromatic rings. The van der Waals surface area contributed by atoms with E-state index in [1.54, 1.807) is 12.1 Å². The van der Waals surface area contributed by atoms with Crippen LogP contribution in [0.2, 0.25) is 0 Å². The van der Waals surface area contributed by atoms with Crippen molar-refractivity contribution in [2.24, 2.45) is 0 Å². The van der Waals surface area contributed by atoms with Crippen molar-refractivity contribution in [2.75, 3.05) is 35.9 Å². The van der Waals surface area contributed by atoms with Gasteiger partial charge in [0.1, 0.15) is 5.82 Å². The van der Waals surface area contributed by atoms with Crippen LogP contribution < -0.4 is 16.1 Å². The molecule has 0 spiro atoms. The second-order valence-electron chi connectivity index (χ2n) is 5.96. The molecule has 3 N–H and O–H groups in total. The monoisotopic (exact) mass is 386 g/mol. The zero-order chi connectivity index (χ0) is 19.4. The summed E-state index contributed by atoms with van der Waals surface area (Å²) in [4.78, 5) is 14.1. The second-order valence-corrected chi connectivity index (χ2v) is 6.91. The zero-order valence-electron chi connectivity index (χ0n) is 14.9. The Morgan fingerprint density at radius 1 is 1.22 bits per heavy atom. The number of benzene rings is 2. The predicted molar refractivity (Wildman–Crippen MR) is 106 cm³/mol. The van der Waals surface area contributed by atoms with E-state index in [4.69, 9.17) is 5.84 Å². The van der Waals surface area contributed by atoms with Gasteiger partial charge in [0.2, 0.25) is 11.1 Å². The van der Waals surface area contributed by atoms with Crippen molar-refractivity contribution in [3.8, 4) is 11.4 Å². The number of hydrogen-bond donors (Lipinski definition) is 2. The second kappa shape index (κ2) is 8.09. The third kappa shape index (κ3) is 4.56. The standard InChI is InChI=1S/C18H19FN6OS/c1-24(2)15-8-6-14(7-9-15)21-16(26)11-27-18-23-22-17(25(18)20)12-4-3-5-13(19)10-12/h3-10H,11,20H2,1-2H3,(H,21,26). The topological polar surface area (TPSA) is 89.1 Å². The Hall–Kier alpha value is -3.07. The van der Waals surface area contributed by atoms with Crippen LogP contribution in [0.25, 0.3) is 11.4 Å². The van der Waals surface area contributed by atoms with Crippen LogP contribution in [-0.2, 0) is 4.79 Å². The maximum absolute atomic E-state index is 13.4. The number of rotatable bonds is 6. The fraction of sp³-hybridized carbons (Fsp3) is 0.167. The summed E-state index contributed by atoms with van der Waals surface area (Å²) in [6.45, 7) is 0. The lowest BCUT2D eigenvalue weighted by Crippen LogP contribution is -2.16. The predicted octanol–water partition coefficient (Wildman–Crippen LogP) is 2.59. The molecule has 3 rings (SSSR count). The van der Waals surface area contributed by atoms with E-state index in [1.165, 1.54) is 16.8 Å². The molecular formula is C18H19FN6OS. The van der Waals surface area contributed by atoms with Crippen LogP contribution in [0.1, 0.15) is 0 Å². The Morgan fingerprint density at radius 2 is 1.96 bits per heavy atom. The number of nitrogens with one attached hydrogen (secondary N) is 1. The smallest absolute Gasteiger partial charge is 0.234 e. The number of carbonyl (C=O) groups is 1. The Bertz CT molecular complexity index is 941. The van der Waals surface area contributed by atoms with E-state index in [-0.39, 0.29) is 17.5 Å². The van der Waals surface area contributed by atoms with Gasteiger partial charge >= 0.3 is 0 Å². The molecule has 0 atom stereocenters. The molecule has 1 aromatic heterocycles. The highest BCUT2D eigenvalue weighted by Crippen LogP contribution is 2.22. The van der Waals surface area contributed by atoms with Crippen LogP contribution in [0.3, 0.4) is 0 Å². The summed E-state index contributed by atoms with van der Waals surface area (Å²) in [6.07, 6.45) is 0. The number of aromatic nitrogens is 3. The molecule has 9 heteroatoms. The lowest BCUT2D eigenvalue weighted by molar-refractivity contribution is -0.113.